The van der Waals surface area contributed by atoms with Gasteiger partial charge in [-0.25, -0.2) is 10.1 Å². The molecule has 12 nitrogen and oxygen atoms in total. The molecular formula is C16H15N9O3S. The smallest absolute Gasteiger partial charge is 0.292 e. The number of aromatic nitrogens is 4. The van der Waals surface area contributed by atoms with Gasteiger partial charge in [0.1, 0.15) is 5.69 Å². The minimum atomic E-state index is -0.566. The van der Waals surface area contributed by atoms with Gasteiger partial charge in [-0.05, 0) is 12.1 Å². The second-order valence-electron chi connectivity index (χ2n) is 5.44. The van der Waals surface area contributed by atoms with Crippen LogP contribution in [0, 0.1) is 10.1 Å². The molecular weight excluding hydrogens is 398 g/mol. The maximum atomic E-state index is 12.1. The third-order valence-corrected chi connectivity index (χ3v) is 4.38. The molecule has 0 fully saturated rings. The van der Waals surface area contributed by atoms with Crippen LogP contribution in [0.25, 0.3) is 0 Å². The van der Waals surface area contributed by atoms with Crippen LogP contribution in [0.3, 0.4) is 0 Å². The monoisotopic (exact) mass is 413 g/mol. The van der Waals surface area contributed by atoms with Gasteiger partial charge in [-0.2, -0.15) is 5.10 Å². The quantitative estimate of drug-likeness (QED) is 0.163. The van der Waals surface area contributed by atoms with Gasteiger partial charge in [0, 0.05) is 24.0 Å². The van der Waals surface area contributed by atoms with Crippen LogP contribution in [0.1, 0.15) is 5.56 Å². The number of nitrogens with zero attached hydrogens (tertiary/aromatic N) is 6. The summed E-state index contributed by atoms with van der Waals surface area (Å²) in [5.74, 6) is 5.54. The zero-order valence-corrected chi connectivity index (χ0v) is 15.6. The number of hydrogen-bond acceptors (Lipinski definition) is 10. The standard InChI is InChI=1S/C16H15N9O3S/c17-24-15(21-19-9-11-4-3-7-18-8-11)22-23-16(24)29-10-14(26)20-12-5-1-2-6-13(12)25(27)28/h1-9H,10,17H2,(H,20,26)(H,21,22)/b19-9+. The molecule has 2 aromatic heterocycles. The third-order valence-electron chi connectivity index (χ3n) is 3.43. The molecule has 0 aliphatic carbocycles. The first-order valence-electron chi connectivity index (χ1n) is 8.10. The zero-order chi connectivity index (χ0) is 20.6. The second-order valence-corrected chi connectivity index (χ2v) is 6.39. The maximum absolute atomic E-state index is 12.1. The molecule has 1 amide bonds. The predicted molar refractivity (Wildman–Crippen MR) is 108 cm³/mol. The number of para-hydroxylation sites is 2. The molecule has 3 aromatic rings. The van der Waals surface area contributed by atoms with E-state index in [0.29, 0.717) is 0 Å². The van der Waals surface area contributed by atoms with Crippen LogP contribution in [0.4, 0.5) is 17.3 Å². The summed E-state index contributed by atoms with van der Waals surface area (Å²) in [7, 11) is 0. The lowest BCUT2D eigenvalue weighted by atomic mass is 10.2. The number of nitro groups is 1. The molecule has 13 heteroatoms. The van der Waals surface area contributed by atoms with E-state index in [1.807, 2.05) is 6.07 Å². The van der Waals surface area contributed by atoms with E-state index >= 15 is 0 Å². The zero-order valence-electron chi connectivity index (χ0n) is 14.8. The summed E-state index contributed by atoms with van der Waals surface area (Å²) in [5, 5.41) is 25.5. The van der Waals surface area contributed by atoms with Crippen molar-refractivity contribution in [3.63, 3.8) is 0 Å². The summed E-state index contributed by atoms with van der Waals surface area (Å²) in [4.78, 5) is 26.5. The Balaban J connectivity index is 1.56. The Kier molecular flexibility index (Phi) is 6.32. The number of hydrogen-bond donors (Lipinski definition) is 3. The molecule has 0 atom stereocenters. The fraction of sp³-hybridized carbons (Fsp3) is 0.0625. The van der Waals surface area contributed by atoms with E-state index in [1.54, 1.807) is 24.5 Å². The van der Waals surface area contributed by atoms with Crippen LogP contribution in [-0.2, 0) is 4.79 Å². The molecule has 0 spiro atoms. The van der Waals surface area contributed by atoms with Gasteiger partial charge in [-0.1, -0.05) is 30.0 Å². The van der Waals surface area contributed by atoms with Crippen molar-refractivity contribution in [3.8, 4) is 0 Å². The number of thioether (sulfide) groups is 1. The van der Waals surface area contributed by atoms with Gasteiger partial charge in [0.2, 0.25) is 11.1 Å². The molecule has 0 aliphatic rings. The van der Waals surface area contributed by atoms with Crippen molar-refractivity contribution in [2.24, 2.45) is 5.10 Å². The van der Waals surface area contributed by atoms with Crippen molar-refractivity contribution in [1.82, 2.24) is 19.9 Å². The molecule has 0 bridgehead atoms. The van der Waals surface area contributed by atoms with Crippen molar-refractivity contribution < 1.29 is 9.72 Å². The number of anilines is 2. The fourth-order valence-corrected chi connectivity index (χ4v) is 2.78. The van der Waals surface area contributed by atoms with E-state index in [1.165, 1.54) is 24.4 Å². The number of carbonyl (C=O) groups is 1. The van der Waals surface area contributed by atoms with Crippen molar-refractivity contribution in [1.29, 1.82) is 0 Å². The Morgan fingerprint density at radius 1 is 1.31 bits per heavy atom. The van der Waals surface area contributed by atoms with Crippen molar-refractivity contribution in [2.45, 2.75) is 5.16 Å². The molecule has 0 radical (unpaired) electrons. The van der Waals surface area contributed by atoms with Crippen molar-refractivity contribution in [2.75, 3.05) is 22.3 Å². The van der Waals surface area contributed by atoms with E-state index in [2.05, 4.69) is 31.0 Å². The lowest BCUT2D eigenvalue weighted by molar-refractivity contribution is -0.383. The van der Waals surface area contributed by atoms with Crippen molar-refractivity contribution >= 4 is 41.2 Å². The van der Waals surface area contributed by atoms with E-state index in [9.17, 15) is 14.9 Å². The normalized spacial score (nSPS) is 10.8. The van der Waals surface area contributed by atoms with Crippen LogP contribution in [-0.4, -0.2) is 42.7 Å². The Morgan fingerprint density at radius 2 is 2.14 bits per heavy atom. The summed E-state index contributed by atoms with van der Waals surface area (Å²) >= 11 is 1.02. The Bertz CT molecular complexity index is 1040. The average molecular weight is 413 g/mol. The molecule has 0 saturated heterocycles. The molecule has 2 heterocycles. The third kappa shape index (κ3) is 5.26. The number of hydrazone groups is 1. The first-order valence-corrected chi connectivity index (χ1v) is 9.09. The number of rotatable bonds is 8. The van der Waals surface area contributed by atoms with Crippen LogP contribution >= 0.6 is 11.8 Å². The SMILES string of the molecule is Nn1c(N/N=C/c2cccnc2)nnc1SCC(=O)Nc1ccccc1[N+](=O)[O-]. The first kappa shape index (κ1) is 19.8. The van der Waals surface area contributed by atoms with Crippen LogP contribution in [0.5, 0.6) is 0 Å². The Morgan fingerprint density at radius 3 is 2.90 bits per heavy atom. The van der Waals surface area contributed by atoms with Crippen LogP contribution in [0.15, 0.2) is 59.0 Å². The largest absolute Gasteiger partial charge is 0.334 e. The Labute approximate surface area is 168 Å². The number of nitrogens with two attached hydrogens (primary N) is 1. The topological polar surface area (TPSA) is 166 Å². The number of carbonyl (C=O) groups excluding carboxylic acids is 1. The highest BCUT2D eigenvalue weighted by Gasteiger charge is 2.16. The average Bonchev–Trinajstić information content (AvgIpc) is 3.07. The highest BCUT2D eigenvalue weighted by atomic mass is 32.2. The summed E-state index contributed by atoms with van der Waals surface area (Å²) in [5.41, 5.74) is 3.35. The van der Waals surface area contributed by atoms with Crippen LogP contribution < -0.4 is 16.6 Å². The highest BCUT2D eigenvalue weighted by Crippen LogP contribution is 2.24. The summed E-state index contributed by atoms with van der Waals surface area (Å²) in [6.45, 7) is 0. The lowest BCUT2D eigenvalue weighted by Gasteiger charge is -2.05. The van der Waals surface area contributed by atoms with Gasteiger partial charge in [0.05, 0.1) is 16.9 Å². The molecule has 1 aromatic carbocycles. The molecule has 4 N–H and O–H groups in total. The Hall–Kier alpha value is -4.00. The van der Waals surface area contributed by atoms with E-state index < -0.39 is 10.8 Å². The summed E-state index contributed by atoms with van der Waals surface area (Å²) < 4.78 is 1.14. The van der Waals surface area contributed by atoms with Gasteiger partial charge in [0.25, 0.3) is 11.6 Å². The number of nitro benzene ring substituents is 1. The van der Waals surface area contributed by atoms with Crippen LogP contribution in [0.2, 0.25) is 0 Å². The second kappa shape index (κ2) is 9.27. The van der Waals surface area contributed by atoms with Gasteiger partial charge in [-0.15, -0.1) is 10.2 Å². The molecule has 0 aliphatic heterocycles. The minimum Gasteiger partial charge on any atom is -0.334 e. The summed E-state index contributed by atoms with van der Waals surface area (Å²) in [6.07, 6.45) is 4.82. The van der Waals surface area contributed by atoms with Gasteiger partial charge in [0.15, 0.2) is 0 Å². The number of nitrogen functional groups attached to an aromatic ring is 1. The first-order chi connectivity index (χ1) is 14.0. The number of nitrogens with one attached hydrogen (secondary N) is 2. The fourth-order valence-electron chi connectivity index (χ4n) is 2.12. The van der Waals surface area contributed by atoms with Crippen molar-refractivity contribution in [3.05, 3.63) is 64.5 Å². The molecule has 3 rings (SSSR count). The molecule has 0 unspecified atom stereocenters. The number of benzene rings is 1. The lowest BCUT2D eigenvalue weighted by Crippen LogP contribution is -2.17. The number of amides is 1. The van der Waals surface area contributed by atoms with E-state index in [0.717, 1.165) is 22.0 Å². The minimum absolute atomic E-state index is 0.0691. The number of pyridine rings is 1. The summed E-state index contributed by atoms with van der Waals surface area (Å²) in [6, 6.07) is 9.47. The predicted octanol–water partition coefficient (Wildman–Crippen LogP) is 1.47. The van der Waals surface area contributed by atoms with E-state index in [4.69, 9.17) is 5.84 Å². The molecule has 29 heavy (non-hydrogen) atoms. The van der Waals surface area contributed by atoms with E-state index in [-0.39, 0.29) is 28.2 Å². The molecule has 0 saturated carbocycles. The highest BCUT2D eigenvalue weighted by molar-refractivity contribution is 7.99. The molecule has 148 valence electrons. The van der Waals surface area contributed by atoms with Gasteiger partial charge >= 0.3 is 0 Å². The maximum Gasteiger partial charge on any atom is 0.292 e. The van der Waals surface area contributed by atoms with Gasteiger partial charge < -0.3 is 11.2 Å². The van der Waals surface area contributed by atoms with Gasteiger partial charge in [-0.3, -0.25) is 19.9 Å².